The number of ether oxygens (including phenoxy) is 2. The van der Waals surface area contributed by atoms with E-state index in [2.05, 4.69) is 27.1 Å². The molecule has 0 saturated heterocycles. The fraction of sp³-hybridized carbons (Fsp3) is 0.222. The van der Waals surface area contributed by atoms with E-state index in [-0.39, 0.29) is 11.5 Å². The molecule has 0 saturated carbocycles. The number of alkyl halides is 2. The molecular weight excluding hydrogens is 224 g/mol. The molecule has 0 radical (unpaired) electrons. The summed E-state index contributed by atoms with van der Waals surface area (Å²) in [5.74, 6) is 0.224. The first-order valence-corrected chi connectivity index (χ1v) is 4.43. The van der Waals surface area contributed by atoms with Crippen LogP contribution in [0.1, 0.15) is 0 Å². The summed E-state index contributed by atoms with van der Waals surface area (Å²) in [4.78, 5) is 3.69. The highest BCUT2D eigenvalue weighted by molar-refractivity contribution is 7.78. The molecule has 0 bridgehead atoms. The fourth-order valence-corrected chi connectivity index (χ4v) is 1.27. The molecule has 15 heavy (non-hydrogen) atoms. The third kappa shape index (κ3) is 2.11. The lowest BCUT2D eigenvalue weighted by Crippen LogP contribution is -2.35. The van der Waals surface area contributed by atoms with Gasteiger partial charge in [-0.05, 0) is 24.4 Å². The zero-order chi connectivity index (χ0) is 10.9. The van der Waals surface area contributed by atoms with Crippen LogP contribution in [0.3, 0.4) is 0 Å². The summed E-state index contributed by atoms with van der Waals surface area (Å²) in [6.07, 6.45) is -3.28. The Kier molecular flexibility index (Phi) is 2.38. The number of thiocarbonyl (C=S) groups is 1. The summed E-state index contributed by atoms with van der Waals surface area (Å²) in [6.45, 7) is -0.801. The van der Waals surface area contributed by atoms with Gasteiger partial charge in [-0.1, -0.05) is 0 Å². The van der Waals surface area contributed by atoms with Crippen molar-refractivity contribution >= 4 is 23.1 Å². The van der Waals surface area contributed by atoms with Gasteiger partial charge < -0.3 is 9.47 Å². The second kappa shape index (κ2) is 3.56. The monoisotopic (exact) mass is 229 g/mol. The van der Waals surface area contributed by atoms with Crippen molar-refractivity contribution in [2.75, 3.05) is 6.61 Å². The zero-order valence-electron chi connectivity index (χ0n) is 7.37. The average molecular weight is 229 g/mol. The van der Waals surface area contributed by atoms with Crippen molar-refractivity contribution in [1.29, 1.82) is 0 Å². The van der Waals surface area contributed by atoms with Crippen LogP contribution < -0.4 is 9.47 Å². The quantitative estimate of drug-likeness (QED) is 0.548. The summed E-state index contributed by atoms with van der Waals surface area (Å²) in [5, 5.41) is 2.17. The van der Waals surface area contributed by atoms with Crippen molar-refractivity contribution in [3.8, 4) is 11.5 Å². The maximum Gasteiger partial charge on any atom is 0.433 e. The number of aliphatic imine (C=N–C) groups is 1. The van der Waals surface area contributed by atoms with Crippen molar-refractivity contribution in [3.05, 3.63) is 18.2 Å². The van der Waals surface area contributed by atoms with Crippen LogP contribution in [0.15, 0.2) is 23.2 Å². The van der Waals surface area contributed by atoms with Gasteiger partial charge in [0.15, 0.2) is 18.1 Å². The van der Waals surface area contributed by atoms with Gasteiger partial charge in [0.2, 0.25) is 0 Å². The van der Waals surface area contributed by atoms with Crippen LogP contribution >= 0.6 is 12.2 Å². The Morgan fingerprint density at radius 1 is 1.40 bits per heavy atom. The second-order valence-electron chi connectivity index (χ2n) is 2.86. The van der Waals surface area contributed by atoms with Gasteiger partial charge in [0, 0.05) is 6.07 Å². The van der Waals surface area contributed by atoms with Crippen molar-refractivity contribution < 1.29 is 18.3 Å². The van der Waals surface area contributed by atoms with Crippen molar-refractivity contribution in [2.24, 2.45) is 4.99 Å². The molecule has 0 aromatic heterocycles. The fourth-order valence-electron chi connectivity index (χ4n) is 1.17. The van der Waals surface area contributed by atoms with E-state index < -0.39 is 12.7 Å². The second-order valence-corrected chi connectivity index (χ2v) is 3.04. The Labute approximate surface area is 89.3 Å². The van der Waals surface area contributed by atoms with Crippen LogP contribution in [0.4, 0.5) is 14.5 Å². The van der Waals surface area contributed by atoms with Gasteiger partial charge in [-0.3, -0.25) is 0 Å². The minimum atomic E-state index is -3.28. The molecule has 1 aliphatic heterocycles. The molecular formula is C9H5F2NO2S. The predicted molar refractivity (Wildman–Crippen MR) is 52.2 cm³/mol. The van der Waals surface area contributed by atoms with Gasteiger partial charge >= 0.3 is 6.11 Å². The molecule has 0 aliphatic carbocycles. The lowest BCUT2D eigenvalue weighted by Gasteiger charge is -2.25. The van der Waals surface area contributed by atoms with Gasteiger partial charge in [0.25, 0.3) is 0 Å². The van der Waals surface area contributed by atoms with Crippen LogP contribution in [0, 0.1) is 0 Å². The molecule has 0 spiro atoms. The summed E-state index contributed by atoms with van der Waals surface area (Å²) < 4.78 is 34.7. The van der Waals surface area contributed by atoms with Gasteiger partial charge in [-0.2, -0.15) is 13.8 Å². The molecule has 0 unspecified atom stereocenters. The lowest BCUT2D eigenvalue weighted by molar-refractivity contribution is -0.208. The Balaban J connectivity index is 2.36. The molecule has 6 heteroatoms. The van der Waals surface area contributed by atoms with Gasteiger partial charge in [-0.25, -0.2) is 0 Å². The molecule has 1 heterocycles. The molecule has 1 aliphatic rings. The van der Waals surface area contributed by atoms with E-state index in [1.54, 1.807) is 0 Å². The van der Waals surface area contributed by atoms with E-state index in [0.29, 0.717) is 5.69 Å². The number of hydrogen-bond donors (Lipinski definition) is 0. The molecule has 3 nitrogen and oxygen atoms in total. The Bertz CT molecular complexity index is 444. The highest BCUT2D eigenvalue weighted by Crippen LogP contribution is 2.38. The number of hydrogen-bond acceptors (Lipinski definition) is 4. The maximum absolute atomic E-state index is 12.7. The zero-order valence-corrected chi connectivity index (χ0v) is 8.18. The van der Waals surface area contributed by atoms with Gasteiger partial charge in [0.05, 0.1) is 10.8 Å². The minimum Gasteiger partial charge on any atom is -0.479 e. The maximum atomic E-state index is 12.7. The van der Waals surface area contributed by atoms with Gasteiger partial charge in [-0.15, -0.1) is 0 Å². The van der Waals surface area contributed by atoms with Crippen molar-refractivity contribution in [1.82, 2.24) is 0 Å². The Hall–Kier alpha value is -1.52. The number of halogens is 2. The molecule has 0 N–H and O–H groups in total. The van der Waals surface area contributed by atoms with Crippen molar-refractivity contribution in [3.63, 3.8) is 0 Å². The summed E-state index contributed by atoms with van der Waals surface area (Å²) in [5.41, 5.74) is 0.484. The van der Waals surface area contributed by atoms with Crippen LogP contribution in [-0.2, 0) is 0 Å². The smallest absolute Gasteiger partial charge is 0.433 e. The molecule has 0 fully saturated rings. The average Bonchev–Trinajstić information content (AvgIpc) is 2.18. The summed E-state index contributed by atoms with van der Waals surface area (Å²) >= 11 is 4.42. The molecule has 1 aromatic rings. The number of rotatable bonds is 1. The normalized spacial score (nSPS) is 16.7. The third-order valence-electron chi connectivity index (χ3n) is 1.76. The van der Waals surface area contributed by atoms with Crippen LogP contribution in [-0.4, -0.2) is 17.9 Å². The van der Waals surface area contributed by atoms with E-state index >= 15 is 0 Å². The van der Waals surface area contributed by atoms with Gasteiger partial charge in [0.1, 0.15) is 0 Å². The van der Waals surface area contributed by atoms with E-state index in [0.717, 1.165) is 0 Å². The number of nitrogens with zero attached hydrogens (tertiary/aromatic N) is 1. The molecule has 0 amide bonds. The largest absolute Gasteiger partial charge is 0.479 e. The van der Waals surface area contributed by atoms with E-state index in [1.807, 2.05) is 0 Å². The Morgan fingerprint density at radius 2 is 2.20 bits per heavy atom. The molecule has 2 rings (SSSR count). The highest BCUT2D eigenvalue weighted by atomic mass is 32.1. The highest BCUT2D eigenvalue weighted by Gasteiger charge is 2.38. The summed E-state index contributed by atoms with van der Waals surface area (Å²) in [6, 6.07) is 4.31. The lowest BCUT2D eigenvalue weighted by atomic mass is 10.2. The third-order valence-corrected chi connectivity index (χ3v) is 1.85. The van der Waals surface area contributed by atoms with Crippen molar-refractivity contribution in [2.45, 2.75) is 6.11 Å². The van der Waals surface area contributed by atoms with E-state index in [1.165, 1.54) is 18.2 Å². The number of isothiocyanates is 1. The topological polar surface area (TPSA) is 30.8 Å². The van der Waals surface area contributed by atoms with E-state index in [4.69, 9.17) is 4.74 Å². The molecule has 1 aromatic carbocycles. The first-order chi connectivity index (χ1) is 7.11. The molecule has 0 atom stereocenters. The van der Waals surface area contributed by atoms with Crippen LogP contribution in [0.25, 0.3) is 0 Å². The first-order valence-electron chi connectivity index (χ1n) is 4.02. The van der Waals surface area contributed by atoms with Crippen LogP contribution in [0.5, 0.6) is 11.5 Å². The molecule has 78 valence electrons. The minimum absolute atomic E-state index is 0.00503. The SMILES string of the molecule is FC1(F)COc2cc(N=C=S)ccc2O1. The van der Waals surface area contributed by atoms with E-state index in [9.17, 15) is 8.78 Å². The number of fused-ring (bicyclic) bond motifs is 1. The predicted octanol–water partition coefficient (Wildman–Crippen LogP) is 2.78. The van der Waals surface area contributed by atoms with Crippen LogP contribution in [0.2, 0.25) is 0 Å². The number of benzene rings is 1. The Morgan fingerprint density at radius 3 is 2.93 bits per heavy atom. The summed E-state index contributed by atoms with van der Waals surface area (Å²) in [7, 11) is 0. The standard InChI is InChI=1S/C9H5F2NO2S/c10-9(11)4-13-8-3-6(12-5-15)1-2-7(8)14-9/h1-3H,4H2. The first kappa shape index (κ1) is 10.0.